The van der Waals surface area contributed by atoms with E-state index in [1.54, 1.807) is 6.92 Å². The Morgan fingerprint density at radius 2 is 1.65 bits per heavy atom. The molecule has 0 radical (unpaired) electrons. The molecule has 1 saturated carbocycles. The van der Waals surface area contributed by atoms with Crippen LogP contribution in [-0.4, -0.2) is 33.6 Å². The molecule has 2 aromatic rings. The van der Waals surface area contributed by atoms with Gasteiger partial charge in [0, 0.05) is 12.0 Å². The van der Waals surface area contributed by atoms with E-state index in [2.05, 4.69) is 4.18 Å². The van der Waals surface area contributed by atoms with E-state index in [9.17, 15) is 35.6 Å². The summed E-state index contributed by atoms with van der Waals surface area (Å²) in [5, 5.41) is -0.968. The summed E-state index contributed by atoms with van der Waals surface area (Å²) in [5.41, 5.74) is -5.82. The van der Waals surface area contributed by atoms with Crippen LogP contribution in [0.1, 0.15) is 78.4 Å². The number of carbonyl (C=O) groups is 2. The van der Waals surface area contributed by atoms with Crippen LogP contribution >= 0.6 is 0 Å². The van der Waals surface area contributed by atoms with E-state index in [0.29, 0.717) is 36.0 Å². The van der Waals surface area contributed by atoms with E-state index in [4.69, 9.17) is 0 Å². The molecular formula is C33H31ClF7O5SSi-. The first-order chi connectivity index (χ1) is 21.9. The lowest BCUT2D eigenvalue weighted by Crippen LogP contribution is -3.00. The van der Waals surface area contributed by atoms with Crippen molar-refractivity contribution < 1.29 is 65.3 Å². The molecule has 3 aliphatic rings. The average Bonchev–Trinajstić information content (AvgIpc) is 2.98. The van der Waals surface area contributed by atoms with Gasteiger partial charge in [0.2, 0.25) is 11.5 Å². The number of hydrogen-bond donors (Lipinski definition) is 0. The topological polar surface area (TPSA) is 77.5 Å². The highest BCUT2D eigenvalue weighted by Gasteiger charge is 2.51. The maximum atomic E-state index is 16.2. The summed E-state index contributed by atoms with van der Waals surface area (Å²) in [4.78, 5) is 25.5. The smallest absolute Gasteiger partial charge is 0.534 e. The Morgan fingerprint density at radius 3 is 2.25 bits per heavy atom. The molecule has 48 heavy (non-hydrogen) atoms. The van der Waals surface area contributed by atoms with Gasteiger partial charge >= 0.3 is 15.6 Å². The molecule has 1 heterocycles. The number of ketones is 2. The number of alkyl halides is 3. The van der Waals surface area contributed by atoms with Gasteiger partial charge in [0.1, 0.15) is 8.07 Å². The molecule has 0 N–H and O–H groups in total. The highest BCUT2D eigenvalue weighted by molar-refractivity contribution is 7.88. The number of halogens is 8. The van der Waals surface area contributed by atoms with Crippen molar-refractivity contribution in [1.29, 1.82) is 0 Å². The number of benzene rings is 2. The summed E-state index contributed by atoms with van der Waals surface area (Å²) < 4.78 is 129. The van der Waals surface area contributed by atoms with Crippen LogP contribution in [-0.2, 0) is 14.9 Å². The Bertz CT molecular complexity index is 1890. The van der Waals surface area contributed by atoms with Gasteiger partial charge in [0.05, 0.1) is 0 Å². The second-order valence-electron chi connectivity index (χ2n) is 12.7. The van der Waals surface area contributed by atoms with Gasteiger partial charge in [-0.2, -0.15) is 21.6 Å². The third kappa shape index (κ3) is 6.67. The van der Waals surface area contributed by atoms with E-state index in [0.717, 1.165) is 25.3 Å². The molecule has 0 amide bonds. The fourth-order valence-electron chi connectivity index (χ4n) is 6.90. The molecule has 15 heteroatoms. The third-order valence-corrected chi connectivity index (χ3v) is 13.6. The molecule has 0 saturated heterocycles. The molecule has 0 bridgehead atoms. The van der Waals surface area contributed by atoms with E-state index in [-0.39, 0.29) is 40.5 Å². The van der Waals surface area contributed by atoms with Gasteiger partial charge in [-0.1, -0.05) is 63.8 Å². The molecule has 2 aliphatic carbocycles. The van der Waals surface area contributed by atoms with Crippen LogP contribution in [0.25, 0.3) is 5.57 Å². The normalized spacial score (nSPS) is 18.2. The monoisotopic (exact) mass is 735 g/mol. The standard InChI is InChI=1S/C33H31F7O5SSi.ClH/c1-17-14-19(25(41)11-7-10-18-8-5-4-6-9-18)12-13-20(17)26-21-15-23(34)29(42)27(36)31(21)47(2,3)32-22(26)16-24(35)30(28(32)37)45-46(43,44)33(38,39)40;/h12-16,18H,4-11H2,1-3H3;1H/p-1. The predicted molar refractivity (Wildman–Crippen MR) is 163 cm³/mol. The number of hydrogen-bond acceptors (Lipinski definition) is 5. The maximum Gasteiger partial charge on any atom is 0.534 e. The molecule has 2 aromatic carbocycles. The van der Waals surface area contributed by atoms with Gasteiger partial charge < -0.3 is 16.6 Å². The summed E-state index contributed by atoms with van der Waals surface area (Å²) in [5.74, 6) is -9.74. The zero-order chi connectivity index (χ0) is 34.6. The van der Waals surface area contributed by atoms with Gasteiger partial charge in [0.25, 0.3) is 0 Å². The minimum absolute atomic E-state index is 0. The van der Waals surface area contributed by atoms with Gasteiger partial charge in [-0.05, 0) is 75.7 Å². The number of aryl methyl sites for hydroxylation is 1. The van der Waals surface area contributed by atoms with Crippen molar-refractivity contribution >= 4 is 40.5 Å². The number of rotatable bonds is 8. The lowest BCUT2D eigenvalue weighted by atomic mass is 9.85. The fourth-order valence-corrected chi connectivity index (χ4v) is 10.7. The van der Waals surface area contributed by atoms with Crippen molar-refractivity contribution in [2.45, 2.75) is 76.9 Å². The van der Waals surface area contributed by atoms with Gasteiger partial charge in [0.15, 0.2) is 29.1 Å². The minimum Gasteiger partial charge on any atom is -1.00 e. The van der Waals surface area contributed by atoms with Crippen LogP contribution < -0.4 is 21.8 Å². The van der Waals surface area contributed by atoms with Crippen molar-refractivity contribution in [1.82, 2.24) is 0 Å². The molecule has 1 aliphatic heterocycles. The van der Waals surface area contributed by atoms with Gasteiger partial charge in [-0.25, -0.2) is 17.6 Å². The van der Waals surface area contributed by atoms with Crippen LogP contribution in [0.2, 0.25) is 13.1 Å². The Balaban J connectivity index is 0.00000520. The predicted octanol–water partition coefficient (Wildman–Crippen LogP) is 5.37. The Kier molecular flexibility index (Phi) is 10.6. The van der Waals surface area contributed by atoms with E-state index in [1.165, 1.54) is 50.6 Å². The Hall–Kier alpha value is -3.23. The number of fused-ring (bicyclic) bond motifs is 2. The SMILES string of the molecule is Cc1cc(C(=O)CCCC2CCCCC2)ccc1C1=C2C=C(F)C(=O)C(F)=C2[Si](C)(C)c2c1cc(F)c(OS(=O)(=O)C(F)(F)F)c2F.[Cl-]. The number of allylic oxidation sites excluding steroid dienone is 5. The largest absolute Gasteiger partial charge is 1.00 e. The lowest BCUT2D eigenvalue weighted by molar-refractivity contribution is -0.115. The number of carbonyl (C=O) groups excluding carboxylic acids is 2. The van der Waals surface area contributed by atoms with Crippen molar-refractivity contribution in [3.63, 3.8) is 0 Å². The van der Waals surface area contributed by atoms with Crippen molar-refractivity contribution in [2.24, 2.45) is 5.92 Å². The molecule has 0 spiro atoms. The summed E-state index contributed by atoms with van der Waals surface area (Å²) in [6, 6.07) is 4.97. The second-order valence-corrected chi connectivity index (χ2v) is 18.5. The van der Waals surface area contributed by atoms with Crippen LogP contribution in [0, 0.1) is 24.5 Å². The molecule has 0 aromatic heterocycles. The van der Waals surface area contributed by atoms with Crippen LogP contribution in [0.5, 0.6) is 5.75 Å². The fraction of sp³-hybridized carbons (Fsp3) is 0.394. The molecular weight excluding hydrogens is 705 g/mol. The van der Waals surface area contributed by atoms with Crippen molar-refractivity contribution in [3.8, 4) is 5.75 Å². The van der Waals surface area contributed by atoms with Crippen LogP contribution in [0.15, 0.2) is 52.8 Å². The molecule has 1 fully saturated rings. The van der Waals surface area contributed by atoms with Crippen molar-refractivity contribution in [3.05, 3.63) is 86.7 Å². The third-order valence-electron chi connectivity index (χ3n) is 9.18. The lowest BCUT2D eigenvalue weighted by Gasteiger charge is -2.38. The van der Waals surface area contributed by atoms with Crippen LogP contribution in [0.3, 0.4) is 0 Å². The second kappa shape index (κ2) is 13.6. The zero-order valence-corrected chi connectivity index (χ0v) is 28.7. The first-order valence-electron chi connectivity index (χ1n) is 15.1. The van der Waals surface area contributed by atoms with E-state index >= 15 is 13.2 Å². The highest BCUT2D eigenvalue weighted by atomic mass is 35.5. The first kappa shape index (κ1) is 37.6. The summed E-state index contributed by atoms with van der Waals surface area (Å²) in [6.45, 7) is 4.16. The zero-order valence-electron chi connectivity index (χ0n) is 26.1. The summed E-state index contributed by atoms with van der Waals surface area (Å²) in [7, 11) is -10.4. The quantitative estimate of drug-likeness (QED) is 0.120. The van der Waals surface area contributed by atoms with E-state index < -0.39 is 68.9 Å². The van der Waals surface area contributed by atoms with E-state index in [1.807, 2.05) is 0 Å². The first-order valence-corrected chi connectivity index (χ1v) is 19.5. The molecule has 5 rings (SSSR count). The molecule has 5 nitrogen and oxygen atoms in total. The molecule has 260 valence electrons. The average molecular weight is 736 g/mol. The number of Topliss-reactive ketones (excluding diaryl/α,β-unsaturated/α-hetero) is 2. The Morgan fingerprint density at radius 1 is 1.00 bits per heavy atom. The summed E-state index contributed by atoms with van der Waals surface area (Å²) in [6.07, 6.45) is 8.54. The van der Waals surface area contributed by atoms with Crippen molar-refractivity contribution in [2.75, 3.05) is 0 Å². The van der Waals surface area contributed by atoms with Crippen LogP contribution in [0.4, 0.5) is 30.7 Å². The van der Waals surface area contributed by atoms with Gasteiger partial charge in [-0.15, -0.1) is 0 Å². The Labute approximate surface area is 280 Å². The molecule has 0 unspecified atom stereocenters. The highest BCUT2D eigenvalue weighted by Crippen LogP contribution is 2.47. The maximum absolute atomic E-state index is 16.2. The molecule has 0 atom stereocenters. The summed E-state index contributed by atoms with van der Waals surface area (Å²) >= 11 is 0. The van der Waals surface area contributed by atoms with Gasteiger partial charge in [-0.3, -0.25) is 9.59 Å². The minimum atomic E-state index is -6.52.